The van der Waals surface area contributed by atoms with E-state index < -0.39 is 0 Å². The second kappa shape index (κ2) is 6.96. The molecule has 0 saturated carbocycles. The molecule has 22 heavy (non-hydrogen) atoms. The van der Waals surface area contributed by atoms with Gasteiger partial charge in [-0.15, -0.1) is 11.8 Å². The van der Waals surface area contributed by atoms with E-state index in [-0.39, 0.29) is 17.8 Å². The van der Waals surface area contributed by atoms with E-state index in [1.165, 1.54) is 17.8 Å². The van der Waals surface area contributed by atoms with E-state index in [0.717, 1.165) is 30.7 Å². The molecule has 2 aromatic rings. The van der Waals surface area contributed by atoms with Gasteiger partial charge in [0.2, 0.25) is 5.91 Å². The molecule has 1 aromatic heterocycles. The number of halogens is 1. The van der Waals surface area contributed by atoms with Gasteiger partial charge in [-0.05, 0) is 30.5 Å². The Labute approximate surface area is 133 Å². The predicted octanol–water partition coefficient (Wildman–Crippen LogP) is 3.16. The quantitative estimate of drug-likeness (QED) is 0.921. The number of nitrogens with one attached hydrogen (secondary N) is 1. The van der Waals surface area contributed by atoms with Gasteiger partial charge in [0, 0.05) is 36.0 Å². The van der Waals surface area contributed by atoms with Gasteiger partial charge in [0.15, 0.2) is 0 Å². The van der Waals surface area contributed by atoms with Crippen molar-refractivity contribution in [3.8, 4) is 0 Å². The largest absolute Gasteiger partial charge is 0.349 e. The van der Waals surface area contributed by atoms with E-state index in [2.05, 4.69) is 10.4 Å². The van der Waals surface area contributed by atoms with Crippen molar-refractivity contribution in [1.29, 1.82) is 0 Å². The highest BCUT2D eigenvalue weighted by Gasteiger charge is 2.24. The molecule has 0 bridgehead atoms. The van der Waals surface area contributed by atoms with Gasteiger partial charge in [-0.2, -0.15) is 5.10 Å². The fraction of sp³-hybridized carbons (Fsp3) is 0.375. The Hall–Kier alpha value is -1.82. The lowest BCUT2D eigenvalue weighted by molar-refractivity contribution is -0.122. The summed E-state index contributed by atoms with van der Waals surface area (Å²) in [6, 6.07) is 6.87. The van der Waals surface area contributed by atoms with Gasteiger partial charge in [0.05, 0.1) is 6.04 Å². The maximum Gasteiger partial charge on any atom is 0.220 e. The van der Waals surface area contributed by atoms with Crippen LogP contribution in [0.2, 0.25) is 0 Å². The summed E-state index contributed by atoms with van der Waals surface area (Å²) in [5, 5.41) is 7.14. The zero-order valence-corrected chi connectivity index (χ0v) is 13.0. The Bertz CT molecular complexity index is 645. The van der Waals surface area contributed by atoms with Gasteiger partial charge in [-0.25, -0.2) is 4.39 Å². The van der Waals surface area contributed by atoms with Crippen molar-refractivity contribution in [2.24, 2.45) is 0 Å². The van der Waals surface area contributed by atoms with E-state index in [4.69, 9.17) is 0 Å². The molecule has 116 valence electrons. The van der Waals surface area contributed by atoms with Gasteiger partial charge in [0.25, 0.3) is 0 Å². The zero-order valence-electron chi connectivity index (χ0n) is 12.2. The van der Waals surface area contributed by atoms with Gasteiger partial charge in [0.1, 0.15) is 5.82 Å². The molecule has 4 nitrogen and oxygen atoms in total. The average Bonchev–Trinajstić information content (AvgIpc) is 3.02. The van der Waals surface area contributed by atoms with Crippen LogP contribution >= 0.6 is 11.8 Å². The average molecular weight is 319 g/mol. The Morgan fingerprint density at radius 1 is 1.45 bits per heavy atom. The number of aromatic nitrogens is 2. The van der Waals surface area contributed by atoms with Crippen molar-refractivity contribution in [2.45, 2.75) is 36.7 Å². The zero-order chi connectivity index (χ0) is 15.4. The second-order valence-electron chi connectivity index (χ2n) is 5.29. The summed E-state index contributed by atoms with van der Waals surface area (Å²) in [7, 11) is 0. The molecule has 0 radical (unpaired) electrons. The fourth-order valence-electron chi connectivity index (χ4n) is 2.64. The normalized spacial score (nSPS) is 17.0. The minimum Gasteiger partial charge on any atom is -0.349 e. The van der Waals surface area contributed by atoms with Crippen LogP contribution in [-0.2, 0) is 11.3 Å². The van der Waals surface area contributed by atoms with Crippen molar-refractivity contribution < 1.29 is 9.18 Å². The van der Waals surface area contributed by atoms with Crippen molar-refractivity contribution in [3.05, 3.63) is 48.0 Å². The third-order valence-electron chi connectivity index (χ3n) is 3.71. The van der Waals surface area contributed by atoms with E-state index in [9.17, 15) is 9.18 Å². The molecule has 1 N–H and O–H groups in total. The summed E-state index contributed by atoms with van der Waals surface area (Å²) >= 11 is 1.52. The highest BCUT2D eigenvalue weighted by molar-refractivity contribution is 7.99. The number of carbonyl (C=O) groups is 1. The van der Waals surface area contributed by atoms with Gasteiger partial charge >= 0.3 is 0 Å². The lowest BCUT2D eigenvalue weighted by Gasteiger charge is -2.26. The molecule has 0 aliphatic carbocycles. The maximum absolute atomic E-state index is 13.8. The second-order valence-corrected chi connectivity index (χ2v) is 6.39. The number of hydrogen-bond acceptors (Lipinski definition) is 3. The maximum atomic E-state index is 13.8. The van der Waals surface area contributed by atoms with E-state index >= 15 is 0 Å². The van der Waals surface area contributed by atoms with Gasteiger partial charge in [-0.3, -0.25) is 9.48 Å². The SMILES string of the molecule is O=C(CCCn1cccn1)NC1CCSc2c(F)cccc21. The standard InChI is InChI=1S/C16H18FN3OS/c17-13-5-1-4-12-14(7-11-22-16(12)13)19-15(21)6-2-9-20-10-3-8-18-20/h1,3-5,8,10,14H,2,6-7,9,11H2,(H,19,21). The molecule has 0 spiro atoms. The van der Waals surface area contributed by atoms with E-state index in [0.29, 0.717) is 11.3 Å². The number of rotatable bonds is 5. The Balaban J connectivity index is 1.55. The Morgan fingerprint density at radius 2 is 2.36 bits per heavy atom. The molecule has 1 atom stereocenters. The van der Waals surface area contributed by atoms with Crippen molar-refractivity contribution in [3.63, 3.8) is 0 Å². The van der Waals surface area contributed by atoms with Crippen molar-refractivity contribution in [2.75, 3.05) is 5.75 Å². The van der Waals surface area contributed by atoms with Gasteiger partial charge < -0.3 is 5.32 Å². The molecular weight excluding hydrogens is 301 g/mol. The highest BCUT2D eigenvalue weighted by Crippen LogP contribution is 2.37. The van der Waals surface area contributed by atoms with Gasteiger partial charge in [-0.1, -0.05) is 12.1 Å². The Kier molecular flexibility index (Phi) is 4.77. The molecule has 3 rings (SSSR count). The number of hydrogen-bond donors (Lipinski definition) is 1. The van der Waals surface area contributed by atoms with Crippen LogP contribution in [0, 0.1) is 5.82 Å². The number of thioether (sulfide) groups is 1. The number of aryl methyl sites for hydroxylation is 1. The number of carbonyl (C=O) groups excluding carboxylic acids is 1. The summed E-state index contributed by atoms with van der Waals surface area (Å²) in [6.45, 7) is 0.728. The topological polar surface area (TPSA) is 46.9 Å². The lowest BCUT2D eigenvalue weighted by atomic mass is 10.0. The predicted molar refractivity (Wildman–Crippen MR) is 84.1 cm³/mol. The first-order valence-corrected chi connectivity index (χ1v) is 8.40. The first-order chi connectivity index (χ1) is 10.7. The third kappa shape index (κ3) is 3.50. The van der Waals surface area contributed by atoms with Crippen molar-refractivity contribution in [1.82, 2.24) is 15.1 Å². The highest BCUT2D eigenvalue weighted by atomic mass is 32.2. The molecular formula is C16H18FN3OS. The smallest absolute Gasteiger partial charge is 0.220 e. The summed E-state index contributed by atoms with van der Waals surface area (Å²) in [5.41, 5.74) is 0.900. The Morgan fingerprint density at radius 3 is 3.18 bits per heavy atom. The van der Waals surface area contributed by atoms with Crippen LogP contribution in [0.25, 0.3) is 0 Å². The summed E-state index contributed by atoms with van der Waals surface area (Å²) < 4.78 is 15.6. The van der Waals surface area contributed by atoms with E-state index in [1.54, 1.807) is 12.3 Å². The molecule has 1 amide bonds. The summed E-state index contributed by atoms with van der Waals surface area (Å²) in [4.78, 5) is 12.8. The van der Waals surface area contributed by atoms with E-state index in [1.807, 2.05) is 23.0 Å². The van der Waals surface area contributed by atoms with Crippen LogP contribution in [0.5, 0.6) is 0 Å². The van der Waals surface area contributed by atoms with Crippen LogP contribution in [0.1, 0.15) is 30.9 Å². The first-order valence-electron chi connectivity index (χ1n) is 7.42. The van der Waals surface area contributed by atoms with Crippen LogP contribution in [0.15, 0.2) is 41.6 Å². The molecule has 1 aliphatic rings. The van der Waals surface area contributed by atoms with Crippen LogP contribution < -0.4 is 5.32 Å². The molecule has 0 saturated heterocycles. The fourth-order valence-corrected chi connectivity index (χ4v) is 3.78. The molecule has 0 fully saturated rings. The summed E-state index contributed by atoms with van der Waals surface area (Å²) in [5.74, 6) is 0.644. The molecule has 1 aromatic carbocycles. The number of amides is 1. The minimum absolute atomic E-state index is 0.0132. The number of nitrogens with zero attached hydrogens (tertiary/aromatic N) is 2. The molecule has 6 heteroatoms. The van der Waals surface area contributed by atoms with Crippen LogP contribution in [-0.4, -0.2) is 21.4 Å². The summed E-state index contributed by atoms with van der Waals surface area (Å²) in [6.07, 6.45) is 5.64. The minimum atomic E-state index is -0.194. The first kappa shape index (κ1) is 15.1. The number of benzene rings is 1. The third-order valence-corrected chi connectivity index (χ3v) is 4.87. The molecule has 1 unspecified atom stereocenters. The van der Waals surface area contributed by atoms with Crippen LogP contribution in [0.4, 0.5) is 4.39 Å². The number of fused-ring (bicyclic) bond motifs is 1. The molecule has 2 heterocycles. The lowest BCUT2D eigenvalue weighted by Crippen LogP contribution is -2.30. The molecule has 1 aliphatic heterocycles. The van der Waals surface area contributed by atoms with Crippen LogP contribution in [0.3, 0.4) is 0 Å². The van der Waals surface area contributed by atoms with Crippen molar-refractivity contribution >= 4 is 17.7 Å². The monoisotopic (exact) mass is 319 g/mol.